The van der Waals surface area contributed by atoms with Crippen molar-refractivity contribution < 1.29 is 22.7 Å². The number of alkyl halides is 3. The highest BCUT2D eigenvalue weighted by Gasteiger charge is 2.29. The number of hydrogen-bond acceptors (Lipinski definition) is 4. The maximum absolute atomic E-state index is 12.3. The highest BCUT2D eigenvalue weighted by Crippen LogP contribution is 2.15. The lowest BCUT2D eigenvalue weighted by atomic mass is 10.1. The molecule has 0 aliphatic rings. The van der Waals surface area contributed by atoms with E-state index >= 15 is 0 Å². The Kier molecular flexibility index (Phi) is 9.19. The summed E-state index contributed by atoms with van der Waals surface area (Å²) in [7, 11) is 2.96. The average Bonchev–Trinajstić information content (AvgIpc) is 2.37. The number of ether oxygens (including phenoxy) is 1. The maximum Gasteiger partial charge on any atom is 0.408 e. The predicted octanol–water partition coefficient (Wildman–Crippen LogP) is 1.95. The van der Waals surface area contributed by atoms with E-state index in [0.29, 0.717) is 19.0 Å². The van der Waals surface area contributed by atoms with E-state index in [1.807, 2.05) is 13.8 Å². The molecule has 0 aromatic heterocycles. The zero-order valence-corrected chi connectivity index (χ0v) is 16.7. The Balaban J connectivity index is 4.29. The summed E-state index contributed by atoms with van der Waals surface area (Å²) in [5, 5.41) is 8.72. The Morgan fingerprint density at radius 1 is 1.12 bits per heavy atom. The number of nitrogens with one attached hydrogen (secondary N) is 3. The van der Waals surface area contributed by atoms with Gasteiger partial charge in [-0.3, -0.25) is 9.89 Å². The third-order valence-corrected chi connectivity index (χ3v) is 3.00. The molecule has 0 fully saturated rings. The van der Waals surface area contributed by atoms with Crippen LogP contribution < -0.4 is 16.0 Å². The third kappa shape index (κ3) is 13.6. The van der Waals surface area contributed by atoms with Crippen molar-refractivity contribution >= 4 is 12.1 Å². The van der Waals surface area contributed by atoms with Crippen LogP contribution in [-0.2, 0) is 4.74 Å². The molecule has 0 aromatic rings. The van der Waals surface area contributed by atoms with Gasteiger partial charge in [-0.1, -0.05) is 0 Å². The van der Waals surface area contributed by atoms with Crippen LogP contribution in [0.1, 0.15) is 34.6 Å². The van der Waals surface area contributed by atoms with Gasteiger partial charge in [-0.15, -0.1) is 0 Å². The fraction of sp³-hybridized carbons (Fsp3) is 0.875. The molecule has 0 saturated carbocycles. The Hall–Kier alpha value is -1.71. The predicted molar refractivity (Wildman–Crippen MR) is 96.4 cm³/mol. The molecule has 0 atom stereocenters. The fourth-order valence-electron chi connectivity index (χ4n) is 1.90. The van der Waals surface area contributed by atoms with Gasteiger partial charge < -0.3 is 20.7 Å². The van der Waals surface area contributed by atoms with Crippen LogP contribution in [0.4, 0.5) is 18.0 Å². The lowest BCUT2D eigenvalue weighted by Crippen LogP contribution is -2.54. The number of carbonyl (C=O) groups is 1. The first kappa shape index (κ1) is 24.3. The molecule has 154 valence electrons. The van der Waals surface area contributed by atoms with Crippen LogP contribution in [0.15, 0.2) is 4.99 Å². The number of guanidine groups is 1. The third-order valence-electron chi connectivity index (χ3n) is 3.00. The van der Waals surface area contributed by atoms with Gasteiger partial charge in [0.25, 0.3) is 0 Å². The Morgan fingerprint density at radius 2 is 1.69 bits per heavy atom. The monoisotopic (exact) mass is 383 g/mol. The van der Waals surface area contributed by atoms with Crippen LogP contribution in [0.5, 0.6) is 0 Å². The molecular weight excluding hydrogens is 351 g/mol. The molecule has 0 aromatic carbocycles. The molecule has 0 aliphatic heterocycles. The molecule has 0 rings (SSSR count). The quantitative estimate of drug-likeness (QED) is 0.463. The van der Waals surface area contributed by atoms with Crippen molar-refractivity contribution in [1.29, 1.82) is 0 Å². The number of hydrogen-bond donors (Lipinski definition) is 3. The summed E-state index contributed by atoms with van der Waals surface area (Å²) in [4.78, 5) is 17.0. The van der Waals surface area contributed by atoms with Gasteiger partial charge in [0.2, 0.25) is 0 Å². The lowest BCUT2D eigenvalue weighted by molar-refractivity contribution is -0.142. The van der Waals surface area contributed by atoms with E-state index in [1.54, 1.807) is 27.8 Å². The van der Waals surface area contributed by atoms with Crippen molar-refractivity contribution in [2.24, 2.45) is 4.99 Å². The summed E-state index contributed by atoms with van der Waals surface area (Å²) in [6.45, 7) is 8.85. The summed E-state index contributed by atoms with van der Waals surface area (Å²) in [6.07, 6.45) is -4.74. The van der Waals surface area contributed by atoms with Gasteiger partial charge in [-0.05, 0) is 41.7 Å². The topological polar surface area (TPSA) is 78.0 Å². The molecule has 7 nitrogen and oxygen atoms in total. The minimum atomic E-state index is -4.22. The summed E-state index contributed by atoms with van der Waals surface area (Å²) in [5.41, 5.74) is -1.21. The van der Waals surface area contributed by atoms with Gasteiger partial charge in [0.05, 0.1) is 12.1 Å². The number of amides is 1. The Bertz CT molecular complexity index is 473. The van der Waals surface area contributed by atoms with Gasteiger partial charge in [-0.25, -0.2) is 4.79 Å². The van der Waals surface area contributed by atoms with E-state index in [1.165, 1.54) is 11.9 Å². The number of halogens is 3. The molecule has 0 aliphatic carbocycles. The van der Waals surface area contributed by atoms with Crippen LogP contribution in [-0.4, -0.2) is 74.5 Å². The summed E-state index contributed by atoms with van der Waals surface area (Å²) < 4.78 is 42.0. The second-order valence-electron chi connectivity index (χ2n) is 7.72. The molecule has 0 unspecified atom stereocenters. The zero-order chi connectivity index (χ0) is 20.6. The van der Waals surface area contributed by atoms with E-state index in [-0.39, 0.29) is 6.54 Å². The number of likely N-dealkylation sites (N-methyl/N-ethyl adjacent to an activating group) is 1. The van der Waals surface area contributed by atoms with E-state index in [4.69, 9.17) is 4.74 Å². The standard InChI is InChI=1S/C16H32F3N5O2/c1-14(2,3)26-13(25)23-15(4,5)10-22-12(20-6)21-8-9-24(7)11-16(17,18)19/h8-11H2,1-7H3,(H,23,25)(H2,20,21,22). The van der Waals surface area contributed by atoms with Crippen molar-refractivity contribution in [2.75, 3.05) is 40.3 Å². The smallest absolute Gasteiger partial charge is 0.408 e. The summed E-state index contributed by atoms with van der Waals surface area (Å²) in [6, 6.07) is 0. The van der Waals surface area contributed by atoms with Gasteiger partial charge in [0.1, 0.15) is 5.60 Å². The minimum Gasteiger partial charge on any atom is -0.444 e. The first-order chi connectivity index (χ1) is 11.6. The van der Waals surface area contributed by atoms with Crippen LogP contribution in [0.25, 0.3) is 0 Å². The van der Waals surface area contributed by atoms with Gasteiger partial charge >= 0.3 is 12.3 Å². The van der Waals surface area contributed by atoms with Crippen molar-refractivity contribution in [3.8, 4) is 0 Å². The fourth-order valence-corrected chi connectivity index (χ4v) is 1.90. The Labute approximate surface area is 153 Å². The molecule has 26 heavy (non-hydrogen) atoms. The minimum absolute atomic E-state index is 0.208. The number of nitrogens with zero attached hydrogens (tertiary/aromatic N) is 2. The number of carbonyl (C=O) groups excluding carboxylic acids is 1. The van der Waals surface area contributed by atoms with E-state index < -0.39 is 30.0 Å². The molecule has 0 heterocycles. The van der Waals surface area contributed by atoms with E-state index in [9.17, 15) is 18.0 Å². The van der Waals surface area contributed by atoms with Gasteiger partial charge in [-0.2, -0.15) is 13.2 Å². The lowest BCUT2D eigenvalue weighted by Gasteiger charge is -2.29. The molecule has 10 heteroatoms. The van der Waals surface area contributed by atoms with E-state index in [2.05, 4.69) is 20.9 Å². The molecule has 0 spiro atoms. The number of alkyl carbamates (subject to hydrolysis) is 1. The second-order valence-corrected chi connectivity index (χ2v) is 7.72. The first-order valence-corrected chi connectivity index (χ1v) is 8.34. The number of rotatable bonds is 7. The van der Waals surface area contributed by atoms with Crippen LogP contribution in [0.3, 0.4) is 0 Å². The Morgan fingerprint density at radius 3 is 2.15 bits per heavy atom. The molecule has 0 saturated heterocycles. The zero-order valence-electron chi connectivity index (χ0n) is 16.7. The van der Waals surface area contributed by atoms with Crippen molar-refractivity contribution in [3.05, 3.63) is 0 Å². The van der Waals surface area contributed by atoms with E-state index in [0.717, 1.165) is 0 Å². The second kappa shape index (κ2) is 9.84. The normalized spacial score (nSPS) is 13.6. The highest BCUT2D eigenvalue weighted by molar-refractivity contribution is 5.79. The molecule has 1 amide bonds. The SMILES string of the molecule is CN=C(NCCN(C)CC(F)(F)F)NCC(C)(C)NC(=O)OC(C)(C)C. The van der Waals surface area contributed by atoms with Gasteiger partial charge in [0.15, 0.2) is 5.96 Å². The van der Waals surface area contributed by atoms with Crippen molar-refractivity contribution in [1.82, 2.24) is 20.9 Å². The van der Waals surface area contributed by atoms with Crippen molar-refractivity contribution in [2.45, 2.75) is 51.9 Å². The molecule has 0 bridgehead atoms. The largest absolute Gasteiger partial charge is 0.444 e. The molecule has 3 N–H and O–H groups in total. The first-order valence-electron chi connectivity index (χ1n) is 8.34. The molecular formula is C16H32F3N5O2. The van der Waals surface area contributed by atoms with Crippen LogP contribution in [0.2, 0.25) is 0 Å². The van der Waals surface area contributed by atoms with Crippen LogP contribution >= 0.6 is 0 Å². The number of aliphatic imine (C=N–C) groups is 1. The average molecular weight is 383 g/mol. The maximum atomic E-state index is 12.3. The molecule has 0 radical (unpaired) electrons. The highest BCUT2D eigenvalue weighted by atomic mass is 19.4. The van der Waals surface area contributed by atoms with Crippen LogP contribution in [0, 0.1) is 0 Å². The summed E-state index contributed by atoms with van der Waals surface area (Å²) in [5.74, 6) is 0.435. The van der Waals surface area contributed by atoms with Gasteiger partial charge in [0, 0.05) is 26.7 Å². The summed E-state index contributed by atoms with van der Waals surface area (Å²) >= 11 is 0. The van der Waals surface area contributed by atoms with Crippen molar-refractivity contribution in [3.63, 3.8) is 0 Å².